The molecule has 1 heterocycles. The molecule has 1 amide bonds. The number of ether oxygens (including phenoxy) is 1. The molecule has 1 aromatic heterocycles. The van der Waals surface area contributed by atoms with Crippen LogP contribution in [0.25, 0.3) is 0 Å². The predicted molar refractivity (Wildman–Crippen MR) is 92.1 cm³/mol. The van der Waals surface area contributed by atoms with E-state index in [1.165, 1.54) is 0 Å². The summed E-state index contributed by atoms with van der Waals surface area (Å²) in [6, 6.07) is 9.29. The van der Waals surface area contributed by atoms with E-state index in [4.69, 9.17) is 4.74 Å². The second-order valence-corrected chi connectivity index (χ2v) is 6.08. The number of nitrogens with one attached hydrogen (secondary N) is 1. The third kappa shape index (κ3) is 3.82. The van der Waals surface area contributed by atoms with E-state index >= 15 is 0 Å². The summed E-state index contributed by atoms with van der Waals surface area (Å²) in [7, 11) is 3.84. The summed E-state index contributed by atoms with van der Waals surface area (Å²) in [6.07, 6.45) is 4.65. The molecule has 0 saturated carbocycles. The molecule has 3 rings (SSSR count). The lowest BCUT2D eigenvalue weighted by Gasteiger charge is -2.26. The van der Waals surface area contributed by atoms with Crippen LogP contribution in [0.1, 0.15) is 30.1 Å². The van der Waals surface area contributed by atoms with Gasteiger partial charge in [-0.15, -0.1) is 0 Å². The highest BCUT2D eigenvalue weighted by Gasteiger charge is 2.24. The summed E-state index contributed by atoms with van der Waals surface area (Å²) in [5, 5.41) is 3.04. The summed E-state index contributed by atoms with van der Waals surface area (Å²) in [5.74, 6) is 1.26. The molecule has 0 fully saturated rings. The average molecular weight is 326 g/mol. The number of carbonyl (C=O) groups is 1. The van der Waals surface area contributed by atoms with Crippen LogP contribution < -0.4 is 15.0 Å². The first kappa shape index (κ1) is 16.2. The van der Waals surface area contributed by atoms with Gasteiger partial charge in [0.25, 0.3) is 5.91 Å². The number of nitrogens with zero attached hydrogens (tertiary/aromatic N) is 3. The number of aryl methyl sites for hydroxylation is 1. The van der Waals surface area contributed by atoms with Gasteiger partial charge in [-0.3, -0.25) is 4.79 Å². The Labute approximate surface area is 141 Å². The topological polar surface area (TPSA) is 67.4 Å². The maximum Gasteiger partial charge on any atom is 0.258 e. The van der Waals surface area contributed by atoms with Crippen LogP contribution in [0.15, 0.2) is 36.5 Å². The van der Waals surface area contributed by atoms with Gasteiger partial charge in [-0.2, -0.15) is 0 Å². The molecule has 0 aliphatic heterocycles. The Balaban J connectivity index is 1.63. The molecule has 1 N–H and O–H groups in total. The molecule has 1 atom stereocenters. The molecule has 1 aromatic carbocycles. The zero-order chi connectivity index (χ0) is 16.9. The van der Waals surface area contributed by atoms with Gasteiger partial charge in [-0.1, -0.05) is 18.2 Å². The highest BCUT2D eigenvalue weighted by Crippen LogP contribution is 2.28. The van der Waals surface area contributed by atoms with Crippen molar-refractivity contribution in [3.8, 4) is 5.75 Å². The number of para-hydroxylation sites is 1. The summed E-state index contributed by atoms with van der Waals surface area (Å²) in [5.41, 5.74) is 2.04. The molecule has 0 saturated heterocycles. The van der Waals surface area contributed by atoms with Crippen LogP contribution in [0.5, 0.6) is 5.75 Å². The van der Waals surface area contributed by atoms with Crippen molar-refractivity contribution >= 4 is 11.9 Å². The van der Waals surface area contributed by atoms with Gasteiger partial charge in [0.1, 0.15) is 5.75 Å². The van der Waals surface area contributed by atoms with Crippen LogP contribution >= 0.6 is 0 Å². The quantitative estimate of drug-likeness (QED) is 0.911. The third-order valence-corrected chi connectivity index (χ3v) is 4.02. The van der Waals surface area contributed by atoms with E-state index in [1.54, 1.807) is 0 Å². The summed E-state index contributed by atoms with van der Waals surface area (Å²) < 4.78 is 5.50. The van der Waals surface area contributed by atoms with E-state index in [0.29, 0.717) is 11.7 Å². The largest absolute Gasteiger partial charge is 0.484 e. The molecule has 126 valence electrons. The molecular weight excluding hydrogens is 304 g/mol. The molecule has 1 aliphatic carbocycles. The van der Waals surface area contributed by atoms with Gasteiger partial charge in [-0.05, 0) is 31.4 Å². The van der Waals surface area contributed by atoms with E-state index in [9.17, 15) is 4.79 Å². The van der Waals surface area contributed by atoms with E-state index < -0.39 is 0 Å². The van der Waals surface area contributed by atoms with Gasteiger partial charge < -0.3 is 15.0 Å². The molecule has 6 heteroatoms. The molecule has 6 nitrogen and oxygen atoms in total. The van der Waals surface area contributed by atoms with Gasteiger partial charge >= 0.3 is 0 Å². The van der Waals surface area contributed by atoms with Crippen molar-refractivity contribution in [2.75, 3.05) is 25.6 Å². The van der Waals surface area contributed by atoms with E-state index in [-0.39, 0.29) is 18.6 Å². The lowest BCUT2D eigenvalue weighted by Crippen LogP contribution is -2.35. The Kier molecular flexibility index (Phi) is 4.93. The van der Waals surface area contributed by atoms with Crippen molar-refractivity contribution in [3.05, 3.63) is 47.8 Å². The molecule has 24 heavy (non-hydrogen) atoms. The van der Waals surface area contributed by atoms with E-state index in [1.807, 2.05) is 55.5 Å². The fourth-order valence-corrected chi connectivity index (χ4v) is 2.80. The standard InChI is InChI=1S/C18H22N4O2/c1-22(2)18-19-11-14-15(9-6-10-16(14)21-18)20-17(23)12-24-13-7-4-3-5-8-13/h3-5,7-8,11,15H,6,9-10,12H2,1-2H3,(H,20,23). The lowest BCUT2D eigenvalue weighted by atomic mass is 9.92. The first-order valence-electron chi connectivity index (χ1n) is 8.14. The Bertz CT molecular complexity index is 703. The third-order valence-electron chi connectivity index (χ3n) is 4.02. The second kappa shape index (κ2) is 7.29. The first-order valence-corrected chi connectivity index (χ1v) is 8.14. The normalized spacial score (nSPS) is 16.2. The highest BCUT2D eigenvalue weighted by atomic mass is 16.5. The van der Waals surface area contributed by atoms with Crippen LogP contribution in [-0.2, 0) is 11.2 Å². The maximum absolute atomic E-state index is 12.2. The number of aromatic nitrogens is 2. The minimum Gasteiger partial charge on any atom is -0.484 e. The van der Waals surface area contributed by atoms with Gasteiger partial charge in [0.15, 0.2) is 6.61 Å². The number of rotatable bonds is 5. The molecule has 2 aromatic rings. The average Bonchev–Trinajstić information content (AvgIpc) is 2.60. The highest BCUT2D eigenvalue weighted by molar-refractivity contribution is 5.78. The summed E-state index contributed by atoms with van der Waals surface area (Å²) in [6.45, 7) is 0.00643. The van der Waals surface area contributed by atoms with Crippen molar-refractivity contribution in [2.45, 2.75) is 25.3 Å². The maximum atomic E-state index is 12.2. The SMILES string of the molecule is CN(C)c1ncc2c(n1)CCCC2NC(=O)COc1ccccc1. The number of anilines is 1. The van der Waals surface area contributed by atoms with Gasteiger partial charge in [0, 0.05) is 25.9 Å². The smallest absolute Gasteiger partial charge is 0.258 e. The molecule has 0 spiro atoms. The van der Waals surface area contributed by atoms with Crippen LogP contribution in [0, 0.1) is 0 Å². The zero-order valence-corrected chi connectivity index (χ0v) is 14.0. The van der Waals surface area contributed by atoms with Crippen molar-refractivity contribution in [2.24, 2.45) is 0 Å². The van der Waals surface area contributed by atoms with Crippen molar-refractivity contribution < 1.29 is 9.53 Å². The van der Waals surface area contributed by atoms with Crippen LogP contribution in [0.4, 0.5) is 5.95 Å². The molecular formula is C18H22N4O2. The minimum absolute atomic E-state index is 0.00643. The Hall–Kier alpha value is -2.63. The van der Waals surface area contributed by atoms with Crippen molar-refractivity contribution in [1.29, 1.82) is 0 Å². The summed E-state index contributed by atoms with van der Waals surface area (Å²) in [4.78, 5) is 23.0. The second-order valence-electron chi connectivity index (χ2n) is 6.08. The van der Waals surface area contributed by atoms with E-state index in [0.717, 1.165) is 30.5 Å². The zero-order valence-electron chi connectivity index (χ0n) is 14.0. The fourth-order valence-electron chi connectivity index (χ4n) is 2.80. The van der Waals surface area contributed by atoms with Crippen LogP contribution in [0.3, 0.4) is 0 Å². The fraction of sp³-hybridized carbons (Fsp3) is 0.389. The van der Waals surface area contributed by atoms with Crippen molar-refractivity contribution in [3.63, 3.8) is 0 Å². The van der Waals surface area contributed by atoms with E-state index in [2.05, 4.69) is 15.3 Å². The Morgan fingerprint density at radius 2 is 2.12 bits per heavy atom. The monoisotopic (exact) mass is 326 g/mol. The molecule has 0 radical (unpaired) electrons. The molecule has 0 bridgehead atoms. The number of fused-ring (bicyclic) bond motifs is 1. The molecule has 1 aliphatic rings. The summed E-state index contributed by atoms with van der Waals surface area (Å²) >= 11 is 0. The molecule has 1 unspecified atom stereocenters. The van der Waals surface area contributed by atoms with Gasteiger partial charge in [0.2, 0.25) is 5.95 Å². The number of benzene rings is 1. The first-order chi connectivity index (χ1) is 11.6. The van der Waals surface area contributed by atoms with Crippen LogP contribution in [0.2, 0.25) is 0 Å². The van der Waals surface area contributed by atoms with Gasteiger partial charge in [-0.25, -0.2) is 9.97 Å². The number of amides is 1. The number of hydrogen-bond donors (Lipinski definition) is 1. The minimum atomic E-state index is -0.131. The predicted octanol–water partition coefficient (Wildman–Crippen LogP) is 2.12. The van der Waals surface area contributed by atoms with Gasteiger partial charge in [0.05, 0.1) is 11.7 Å². The number of hydrogen-bond acceptors (Lipinski definition) is 5. The van der Waals surface area contributed by atoms with Crippen LogP contribution in [-0.4, -0.2) is 36.6 Å². The Morgan fingerprint density at radius 3 is 2.88 bits per heavy atom. The number of carbonyl (C=O) groups excluding carboxylic acids is 1. The lowest BCUT2D eigenvalue weighted by molar-refractivity contribution is -0.124. The Morgan fingerprint density at radius 1 is 1.33 bits per heavy atom. The van der Waals surface area contributed by atoms with Crippen molar-refractivity contribution in [1.82, 2.24) is 15.3 Å².